The van der Waals surface area contributed by atoms with Gasteiger partial charge in [0.05, 0.1) is 0 Å². The summed E-state index contributed by atoms with van der Waals surface area (Å²) in [5.74, 6) is 0.276. The van der Waals surface area contributed by atoms with Crippen LogP contribution >= 0.6 is 15.9 Å². The number of hydrogen-bond donors (Lipinski definition) is 1. The van der Waals surface area contributed by atoms with Gasteiger partial charge in [-0.15, -0.1) is 0 Å². The third-order valence-electron chi connectivity index (χ3n) is 2.41. The van der Waals surface area contributed by atoms with E-state index in [1.165, 1.54) is 0 Å². The highest BCUT2D eigenvalue weighted by molar-refractivity contribution is 9.10. The topological polar surface area (TPSA) is 42.0 Å². The zero-order chi connectivity index (χ0) is 9.97. The lowest BCUT2D eigenvalue weighted by Gasteiger charge is -2.05. The Kier molecular flexibility index (Phi) is 2.82. The summed E-state index contributed by atoms with van der Waals surface area (Å²) in [5, 5.41) is 2.83. The van der Waals surface area contributed by atoms with Gasteiger partial charge in [-0.25, -0.2) is 0 Å². The van der Waals surface area contributed by atoms with E-state index >= 15 is 0 Å². The predicted octanol–water partition coefficient (Wildman–Crippen LogP) is 1.52. The van der Waals surface area contributed by atoms with Crippen LogP contribution in [-0.2, 0) is 11.2 Å². The molecule has 1 saturated heterocycles. The Hall–Kier alpha value is -0.900. The summed E-state index contributed by atoms with van der Waals surface area (Å²) in [5.41, 5.74) is 0.982. The van der Waals surface area contributed by atoms with Crippen LogP contribution < -0.4 is 5.32 Å². The zero-order valence-electron chi connectivity index (χ0n) is 7.66. The van der Waals surface area contributed by atoms with Crippen LogP contribution in [0.1, 0.15) is 12.1 Å². The lowest BCUT2D eigenvalue weighted by Crippen LogP contribution is -2.20. The van der Waals surface area contributed by atoms with E-state index in [1.54, 1.807) is 6.20 Å². The molecular formula is C10H11BrN2O. The SMILES string of the molecule is O=C1NCCC1Cc1ccc(Br)cn1. The standard InChI is InChI=1S/C10H11BrN2O/c11-8-1-2-9(13-6-8)5-7-3-4-12-10(7)14/h1-2,6-7H,3-5H2,(H,12,14). The van der Waals surface area contributed by atoms with Crippen LogP contribution in [0.4, 0.5) is 0 Å². The Morgan fingerprint density at radius 2 is 2.43 bits per heavy atom. The van der Waals surface area contributed by atoms with Crippen LogP contribution in [0.15, 0.2) is 22.8 Å². The van der Waals surface area contributed by atoms with Crippen molar-refractivity contribution in [2.45, 2.75) is 12.8 Å². The summed E-state index contributed by atoms with van der Waals surface area (Å²) >= 11 is 3.33. The van der Waals surface area contributed by atoms with E-state index in [9.17, 15) is 4.79 Å². The van der Waals surface area contributed by atoms with Crippen LogP contribution in [0, 0.1) is 5.92 Å². The van der Waals surface area contributed by atoms with Crippen molar-refractivity contribution in [1.29, 1.82) is 0 Å². The first-order chi connectivity index (χ1) is 6.75. The molecule has 1 aromatic heterocycles. The van der Waals surface area contributed by atoms with Gasteiger partial charge < -0.3 is 5.32 Å². The van der Waals surface area contributed by atoms with Crippen molar-refractivity contribution in [3.63, 3.8) is 0 Å². The molecule has 0 saturated carbocycles. The minimum Gasteiger partial charge on any atom is -0.356 e. The second-order valence-electron chi connectivity index (χ2n) is 3.45. The van der Waals surface area contributed by atoms with Gasteiger partial charge in [0.15, 0.2) is 0 Å². The highest BCUT2D eigenvalue weighted by Gasteiger charge is 2.24. The molecule has 1 aromatic rings. The zero-order valence-corrected chi connectivity index (χ0v) is 9.25. The maximum absolute atomic E-state index is 11.3. The van der Waals surface area contributed by atoms with E-state index in [4.69, 9.17) is 0 Å². The predicted molar refractivity (Wildman–Crippen MR) is 56.8 cm³/mol. The summed E-state index contributed by atoms with van der Waals surface area (Å²) < 4.78 is 0.970. The van der Waals surface area contributed by atoms with Crippen LogP contribution in [0.25, 0.3) is 0 Å². The van der Waals surface area contributed by atoms with Gasteiger partial charge >= 0.3 is 0 Å². The number of hydrogen-bond acceptors (Lipinski definition) is 2. The van der Waals surface area contributed by atoms with E-state index in [1.807, 2.05) is 12.1 Å². The van der Waals surface area contributed by atoms with Gasteiger partial charge in [0.1, 0.15) is 0 Å². The summed E-state index contributed by atoms with van der Waals surface area (Å²) in [6, 6.07) is 3.91. The molecule has 0 spiro atoms. The minimum absolute atomic E-state index is 0.115. The Balaban J connectivity index is 2.03. The molecule has 74 valence electrons. The second-order valence-corrected chi connectivity index (χ2v) is 4.36. The highest BCUT2D eigenvalue weighted by Crippen LogP contribution is 2.16. The number of aromatic nitrogens is 1. The summed E-state index contributed by atoms with van der Waals surface area (Å²) in [6.07, 6.45) is 3.44. The fraction of sp³-hybridized carbons (Fsp3) is 0.400. The average molecular weight is 255 g/mol. The van der Waals surface area contributed by atoms with E-state index in [2.05, 4.69) is 26.2 Å². The van der Waals surface area contributed by atoms with E-state index < -0.39 is 0 Å². The van der Waals surface area contributed by atoms with Gasteiger partial charge in [0.2, 0.25) is 5.91 Å². The van der Waals surface area contributed by atoms with Crippen molar-refractivity contribution in [2.24, 2.45) is 5.92 Å². The van der Waals surface area contributed by atoms with Crippen molar-refractivity contribution in [2.75, 3.05) is 6.54 Å². The molecule has 3 nitrogen and oxygen atoms in total. The average Bonchev–Trinajstić information content (AvgIpc) is 2.56. The van der Waals surface area contributed by atoms with Crippen LogP contribution in [-0.4, -0.2) is 17.4 Å². The van der Waals surface area contributed by atoms with Crippen molar-refractivity contribution in [3.8, 4) is 0 Å². The highest BCUT2D eigenvalue weighted by atomic mass is 79.9. The summed E-state index contributed by atoms with van der Waals surface area (Å²) in [6.45, 7) is 0.806. The molecule has 1 atom stereocenters. The molecule has 4 heteroatoms. The number of rotatable bonds is 2. The molecule has 1 amide bonds. The van der Waals surface area contributed by atoms with Crippen LogP contribution in [0.5, 0.6) is 0 Å². The normalized spacial score (nSPS) is 20.9. The number of amides is 1. The summed E-state index contributed by atoms with van der Waals surface area (Å²) in [4.78, 5) is 15.5. The van der Waals surface area contributed by atoms with Crippen molar-refractivity contribution >= 4 is 21.8 Å². The Labute approximate surface area is 91.0 Å². The van der Waals surface area contributed by atoms with Gasteiger partial charge in [0.25, 0.3) is 0 Å². The lowest BCUT2D eigenvalue weighted by atomic mass is 10.0. The fourth-order valence-electron chi connectivity index (χ4n) is 1.62. The molecule has 1 unspecified atom stereocenters. The molecule has 0 bridgehead atoms. The van der Waals surface area contributed by atoms with Crippen LogP contribution in [0.2, 0.25) is 0 Å². The number of carbonyl (C=O) groups excluding carboxylic acids is 1. The number of nitrogens with one attached hydrogen (secondary N) is 1. The van der Waals surface area contributed by atoms with Gasteiger partial charge in [-0.2, -0.15) is 0 Å². The molecular weight excluding hydrogens is 244 g/mol. The largest absolute Gasteiger partial charge is 0.356 e. The molecule has 1 N–H and O–H groups in total. The molecule has 14 heavy (non-hydrogen) atoms. The Morgan fingerprint density at radius 1 is 1.57 bits per heavy atom. The second kappa shape index (κ2) is 4.09. The van der Waals surface area contributed by atoms with E-state index in [0.29, 0.717) is 0 Å². The maximum Gasteiger partial charge on any atom is 0.223 e. The Bertz CT molecular complexity index is 336. The number of pyridine rings is 1. The summed E-state index contributed by atoms with van der Waals surface area (Å²) in [7, 11) is 0. The lowest BCUT2D eigenvalue weighted by molar-refractivity contribution is -0.122. The molecule has 2 rings (SSSR count). The van der Waals surface area contributed by atoms with Crippen molar-refractivity contribution in [1.82, 2.24) is 10.3 Å². The third-order valence-corrected chi connectivity index (χ3v) is 2.88. The number of halogens is 1. The first-order valence-electron chi connectivity index (χ1n) is 4.64. The number of carbonyl (C=O) groups is 1. The van der Waals surface area contributed by atoms with Crippen molar-refractivity contribution in [3.05, 3.63) is 28.5 Å². The molecule has 1 aliphatic rings. The maximum atomic E-state index is 11.3. The minimum atomic E-state index is 0.115. The van der Waals surface area contributed by atoms with Crippen LogP contribution in [0.3, 0.4) is 0 Å². The molecule has 0 aromatic carbocycles. The van der Waals surface area contributed by atoms with Crippen molar-refractivity contribution < 1.29 is 4.79 Å². The first-order valence-corrected chi connectivity index (χ1v) is 5.43. The third kappa shape index (κ3) is 2.12. The molecule has 1 fully saturated rings. The van der Waals surface area contributed by atoms with Gasteiger partial charge in [-0.05, 0) is 34.5 Å². The monoisotopic (exact) mass is 254 g/mol. The smallest absolute Gasteiger partial charge is 0.223 e. The fourth-order valence-corrected chi connectivity index (χ4v) is 1.85. The van der Waals surface area contributed by atoms with E-state index in [-0.39, 0.29) is 11.8 Å². The molecule has 1 aliphatic heterocycles. The number of nitrogens with zero attached hydrogens (tertiary/aromatic N) is 1. The molecule has 0 radical (unpaired) electrons. The Morgan fingerprint density at radius 3 is 3.00 bits per heavy atom. The van der Waals surface area contributed by atoms with Gasteiger partial charge in [-0.1, -0.05) is 0 Å². The van der Waals surface area contributed by atoms with Gasteiger partial charge in [0, 0.05) is 35.2 Å². The quantitative estimate of drug-likeness (QED) is 0.870. The van der Waals surface area contributed by atoms with Gasteiger partial charge in [-0.3, -0.25) is 9.78 Å². The molecule has 0 aliphatic carbocycles. The first kappa shape index (κ1) is 9.65. The van der Waals surface area contributed by atoms with E-state index in [0.717, 1.165) is 29.6 Å². The molecule has 2 heterocycles.